The fourth-order valence-corrected chi connectivity index (χ4v) is 2.67. The molecule has 96 valence electrons. The zero-order valence-corrected chi connectivity index (χ0v) is 10.3. The van der Waals surface area contributed by atoms with Crippen LogP contribution in [-0.2, 0) is 7.05 Å². The highest BCUT2D eigenvalue weighted by Crippen LogP contribution is 2.28. The normalized spacial score (nSPS) is 24.1. The Balaban J connectivity index is 2.06. The van der Waals surface area contributed by atoms with E-state index in [2.05, 4.69) is 4.98 Å². The Labute approximate surface area is 105 Å². The van der Waals surface area contributed by atoms with Gasteiger partial charge >= 0.3 is 0 Å². The quantitative estimate of drug-likeness (QED) is 0.876. The zero-order valence-electron chi connectivity index (χ0n) is 10.3. The molecule has 0 unspecified atom stereocenters. The number of imidazole rings is 1. The number of fused-ring (bicyclic) bond motifs is 1. The maximum atomic E-state index is 13.5. The number of nitrogens with zero attached hydrogens (tertiary/aromatic N) is 3. The summed E-state index contributed by atoms with van der Waals surface area (Å²) in [5.74, 6) is 0.732. The maximum Gasteiger partial charge on any atom is 0.206 e. The van der Waals surface area contributed by atoms with Gasteiger partial charge in [0.05, 0.1) is 30.2 Å². The zero-order chi connectivity index (χ0) is 12.7. The molecule has 1 N–H and O–H groups in total. The largest absolute Gasteiger partial charge is 0.394 e. The van der Waals surface area contributed by atoms with Crippen LogP contribution in [-0.4, -0.2) is 40.0 Å². The van der Waals surface area contributed by atoms with Crippen LogP contribution in [0.1, 0.15) is 6.42 Å². The molecule has 4 nitrogen and oxygen atoms in total. The van der Waals surface area contributed by atoms with Crippen molar-refractivity contribution in [3.05, 3.63) is 24.3 Å². The van der Waals surface area contributed by atoms with Crippen LogP contribution < -0.4 is 4.90 Å². The van der Waals surface area contributed by atoms with Gasteiger partial charge in [0.2, 0.25) is 5.95 Å². The molecule has 1 aliphatic heterocycles. The van der Waals surface area contributed by atoms with Gasteiger partial charge < -0.3 is 14.6 Å². The van der Waals surface area contributed by atoms with E-state index in [1.54, 1.807) is 0 Å². The third-order valence-electron chi connectivity index (χ3n) is 3.59. The van der Waals surface area contributed by atoms with Gasteiger partial charge in [-0.2, -0.15) is 0 Å². The van der Waals surface area contributed by atoms with E-state index in [1.165, 1.54) is 0 Å². The van der Waals surface area contributed by atoms with Gasteiger partial charge in [0.15, 0.2) is 0 Å². The molecule has 0 aliphatic carbocycles. The molecular formula is C13H16FN3O. The lowest BCUT2D eigenvalue weighted by Gasteiger charge is -2.23. The Hall–Kier alpha value is -1.62. The molecule has 2 atom stereocenters. The van der Waals surface area contributed by atoms with E-state index in [1.807, 2.05) is 40.8 Å². The molecule has 1 fully saturated rings. The highest BCUT2D eigenvalue weighted by molar-refractivity contribution is 5.78. The van der Waals surface area contributed by atoms with Crippen LogP contribution in [0.4, 0.5) is 10.3 Å². The van der Waals surface area contributed by atoms with Crippen molar-refractivity contribution in [2.75, 3.05) is 18.1 Å². The average Bonchev–Trinajstić information content (AvgIpc) is 2.91. The summed E-state index contributed by atoms with van der Waals surface area (Å²) in [6, 6.07) is 7.65. The predicted octanol–water partition coefficient (Wildman–Crippen LogP) is 1.48. The molecular weight excluding hydrogens is 233 g/mol. The van der Waals surface area contributed by atoms with Crippen molar-refractivity contribution in [1.82, 2.24) is 9.55 Å². The standard InChI is InChI=1S/C13H16FN3O/c1-16-12-5-3-2-4-11(12)15-13(16)17-7-9(14)6-10(17)8-18/h2-5,9-10,18H,6-8H2,1H3/t9-,10-/m0/s1. The van der Waals surface area contributed by atoms with E-state index in [-0.39, 0.29) is 12.6 Å². The van der Waals surface area contributed by atoms with Crippen LogP contribution >= 0.6 is 0 Å². The fraction of sp³-hybridized carbons (Fsp3) is 0.462. The van der Waals surface area contributed by atoms with Gasteiger partial charge in [0.1, 0.15) is 6.17 Å². The maximum absolute atomic E-state index is 13.5. The fourth-order valence-electron chi connectivity index (χ4n) is 2.67. The van der Waals surface area contributed by atoms with Gasteiger partial charge in [-0.3, -0.25) is 0 Å². The number of rotatable bonds is 2. The first-order chi connectivity index (χ1) is 8.70. The number of para-hydroxylation sites is 2. The van der Waals surface area contributed by atoms with E-state index < -0.39 is 6.17 Å². The summed E-state index contributed by atoms with van der Waals surface area (Å²) in [5, 5.41) is 9.34. The van der Waals surface area contributed by atoms with Crippen molar-refractivity contribution < 1.29 is 9.50 Å². The highest BCUT2D eigenvalue weighted by Gasteiger charge is 2.34. The number of aromatic nitrogens is 2. The van der Waals surface area contributed by atoms with Crippen LogP contribution in [0.15, 0.2) is 24.3 Å². The summed E-state index contributed by atoms with van der Waals surface area (Å²) in [5.41, 5.74) is 1.92. The second-order valence-corrected chi connectivity index (χ2v) is 4.78. The molecule has 1 saturated heterocycles. The number of aryl methyl sites for hydroxylation is 1. The number of aliphatic hydroxyl groups is 1. The van der Waals surface area contributed by atoms with Gasteiger partial charge in [-0.25, -0.2) is 9.37 Å². The lowest BCUT2D eigenvalue weighted by molar-refractivity contribution is 0.255. The van der Waals surface area contributed by atoms with E-state index in [9.17, 15) is 9.50 Å². The molecule has 0 saturated carbocycles. The third kappa shape index (κ3) is 1.66. The highest BCUT2D eigenvalue weighted by atomic mass is 19.1. The van der Waals surface area contributed by atoms with Crippen LogP contribution in [0.5, 0.6) is 0 Å². The van der Waals surface area contributed by atoms with Crippen LogP contribution in [0, 0.1) is 0 Å². The second kappa shape index (κ2) is 4.24. The van der Waals surface area contributed by atoms with Crippen molar-refractivity contribution in [3.8, 4) is 0 Å². The Morgan fingerprint density at radius 2 is 2.22 bits per heavy atom. The number of benzene rings is 1. The van der Waals surface area contributed by atoms with Gasteiger partial charge in [0.25, 0.3) is 0 Å². The number of alkyl halides is 1. The SMILES string of the molecule is Cn1c(N2C[C@@H](F)C[C@H]2CO)nc2ccccc21. The minimum Gasteiger partial charge on any atom is -0.394 e. The molecule has 2 heterocycles. The van der Waals surface area contributed by atoms with Crippen LogP contribution in [0.2, 0.25) is 0 Å². The molecule has 0 bridgehead atoms. The Bertz CT molecular complexity index is 568. The van der Waals surface area contributed by atoms with E-state index in [0.717, 1.165) is 17.0 Å². The predicted molar refractivity (Wildman–Crippen MR) is 68.4 cm³/mol. The lowest BCUT2D eigenvalue weighted by Crippen LogP contribution is -2.34. The van der Waals surface area contributed by atoms with Crippen molar-refractivity contribution in [1.29, 1.82) is 0 Å². The van der Waals surface area contributed by atoms with Crippen molar-refractivity contribution in [2.45, 2.75) is 18.6 Å². The number of hydrogen-bond donors (Lipinski definition) is 1. The van der Waals surface area contributed by atoms with Gasteiger partial charge in [0, 0.05) is 13.5 Å². The Morgan fingerprint density at radius 3 is 2.94 bits per heavy atom. The van der Waals surface area contributed by atoms with Crippen LogP contribution in [0.3, 0.4) is 0 Å². The average molecular weight is 249 g/mol. The first kappa shape index (κ1) is 11.5. The molecule has 0 amide bonds. The monoisotopic (exact) mass is 249 g/mol. The minimum absolute atomic E-state index is 0.0381. The summed E-state index contributed by atoms with van der Waals surface area (Å²) in [7, 11) is 1.92. The summed E-state index contributed by atoms with van der Waals surface area (Å²) in [4.78, 5) is 6.40. The second-order valence-electron chi connectivity index (χ2n) is 4.78. The minimum atomic E-state index is -0.887. The number of anilines is 1. The Kier molecular flexibility index (Phi) is 2.70. The molecule has 1 aromatic heterocycles. The van der Waals surface area contributed by atoms with Gasteiger partial charge in [-0.05, 0) is 12.1 Å². The smallest absolute Gasteiger partial charge is 0.206 e. The first-order valence-corrected chi connectivity index (χ1v) is 6.13. The van der Waals surface area contributed by atoms with Crippen molar-refractivity contribution in [3.63, 3.8) is 0 Å². The summed E-state index contributed by atoms with van der Waals surface area (Å²) in [6.45, 7) is 0.270. The summed E-state index contributed by atoms with van der Waals surface area (Å²) in [6.07, 6.45) is -0.512. The van der Waals surface area contributed by atoms with Crippen molar-refractivity contribution >= 4 is 17.0 Å². The molecule has 3 rings (SSSR count). The first-order valence-electron chi connectivity index (χ1n) is 6.13. The number of aliphatic hydroxyl groups excluding tert-OH is 1. The molecule has 0 radical (unpaired) electrons. The van der Waals surface area contributed by atoms with E-state index in [0.29, 0.717) is 13.0 Å². The molecule has 2 aromatic rings. The van der Waals surface area contributed by atoms with Crippen LogP contribution in [0.25, 0.3) is 11.0 Å². The molecule has 1 aliphatic rings. The number of hydrogen-bond acceptors (Lipinski definition) is 3. The topological polar surface area (TPSA) is 41.3 Å². The summed E-state index contributed by atoms with van der Waals surface area (Å²) < 4.78 is 15.4. The third-order valence-corrected chi connectivity index (χ3v) is 3.59. The Morgan fingerprint density at radius 1 is 1.44 bits per heavy atom. The van der Waals surface area contributed by atoms with Gasteiger partial charge in [-0.1, -0.05) is 12.1 Å². The molecule has 18 heavy (non-hydrogen) atoms. The van der Waals surface area contributed by atoms with Gasteiger partial charge in [-0.15, -0.1) is 0 Å². The lowest BCUT2D eigenvalue weighted by atomic mass is 10.2. The molecule has 1 aromatic carbocycles. The number of halogens is 1. The van der Waals surface area contributed by atoms with E-state index in [4.69, 9.17) is 0 Å². The van der Waals surface area contributed by atoms with E-state index >= 15 is 0 Å². The summed E-state index contributed by atoms with van der Waals surface area (Å²) >= 11 is 0. The molecule has 5 heteroatoms. The van der Waals surface area contributed by atoms with Crippen molar-refractivity contribution in [2.24, 2.45) is 7.05 Å². The molecule has 0 spiro atoms.